The van der Waals surface area contributed by atoms with Crippen molar-refractivity contribution in [3.63, 3.8) is 0 Å². The van der Waals surface area contributed by atoms with Gasteiger partial charge in [-0.15, -0.1) is 0 Å². The van der Waals surface area contributed by atoms with Gasteiger partial charge < -0.3 is 10.3 Å². The highest BCUT2D eigenvalue weighted by Crippen LogP contribution is 2.39. The van der Waals surface area contributed by atoms with Crippen LogP contribution in [0.2, 0.25) is 0 Å². The lowest BCUT2D eigenvalue weighted by molar-refractivity contribution is 0.177. The summed E-state index contributed by atoms with van der Waals surface area (Å²) in [6.45, 7) is 5.33. The molecule has 1 aliphatic carbocycles. The fourth-order valence-corrected chi connectivity index (χ4v) is 3.64. The molecule has 108 valence electrons. The Morgan fingerprint density at radius 1 is 1.32 bits per heavy atom. The van der Waals surface area contributed by atoms with Gasteiger partial charge in [-0.1, -0.05) is 26.7 Å². The molecule has 0 amide bonds. The molecule has 19 heavy (non-hydrogen) atoms. The Balaban J connectivity index is 2.14. The predicted molar refractivity (Wildman–Crippen MR) is 80.1 cm³/mol. The summed E-state index contributed by atoms with van der Waals surface area (Å²) in [5.41, 5.74) is 6.01. The number of hydrogen-bond acceptors (Lipinski definition) is 2. The largest absolute Gasteiger partial charge is 0.332 e. The van der Waals surface area contributed by atoms with E-state index in [1.807, 2.05) is 6.20 Å². The van der Waals surface area contributed by atoms with Crippen LogP contribution in [0.25, 0.3) is 0 Å². The van der Waals surface area contributed by atoms with Crippen molar-refractivity contribution in [2.24, 2.45) is 17.6 Å². The molecule has 1 aromatic rings. The van der Waals surface area contributed by atoms with Crippen LogP contribution < -0.4 is 5.73 Å². The molecular weight excluding hydrogens is 234 g/mol. The lowest BCUT2D eigenvalue weighted by atomic mass is 9.76. The average Bonchev–Trinajstić information content (AvgIpc) is 2.87. The molecule has 0 aromatic carbocycles. The zero-order valence-electron chi connectivity index (χ0n) is 12.5. The van der Waals surface area contributed by atoms with Crippen molar-refractivity contribution in [3.8, 4) is 0 Å². The molecule has 1 aromatic heterocycles. The van der Waals surface area contributed by atoms with Crippen molar-refractivity contribution in [1.29, 1.82) is 0 Å². The average molecular weight is 263 g/mol. The highest BCUT2D eigenvalue weighted by Gasteiger charge is 2.31. The number of aryl methyl sites for hydroxylation is 1. The van der Waals surface area contributed by atoms with Gasteiger partial charge in [0, 0.05) is 24.9 Å². The molecule has 0 saturated heterocycles. The zero-order valence-corrected chi connectivity index (χ0v) is 12.5. The van der Waals surface area contributed by atoms with Gasteiger partial charge in [0.2, 0.25) is 0 Å². The van der Waals surface area contributed by atoms with E-state index in [2.05, 4.69) is 29.6 Å². The van der Waals surface area contributed by atoms with Crippen molar-refractivity contribution >= 4 is 0 Å². The van der Waals surface area contributed by atoms with Crippen LogP contribution in [-0.4, -0.2) is 16.1 Å². The Labute approximate surface area is 117 Å². The molecule has 1 aliphatic rings. The van der Waals surface area contributed by atoms with E-state index in [4.69, 9.17) is 5.73 Å². The van der Waals surface area contributed by atoms with Gasteiger partial charge in [0.15, 0.2) is 0 Å². The third kappa shape index (κ3) is 3.38. The minimum atomic E-state index is 0.583. The molecule has 3 atom stereocenters. The van der Waals surface area contributed by atoms with E-state index in [0.29, 0.717) is 12.0 Å². The maximum atomic E-state index is 6.01. The molecule has 1 heterocycles. The second-order valence-electron chi connectivity index (χ2n) is 6.03. The van der Waals surface area contributed by atoms with Crippen LogP contribution >= 0.6 is 0 Å². The molecule has 1 saturated carbocycles. The fourth-order valence-electron chi connectivity index (χ4n) is 3.64. The third-order valence-electron chi connectivity index (χ3n) is 4.64. The molecule has 1 fully saturated rings. The first-order valence-corrected chi connectivity index (χ1v) is 8.01. The lowest BCUT2D eigenvalue weighted by Gasteiger charge is -2.37. The van der Waals surface area contributed by atoms with Gasteiger partial charge >= 0.3 is 0 Å². The Hall–Kier alpha value is -0.830. The molecular formula is C16H29N3. The number of aromatic nitrogens is 2. The van der Waals surface area contributed by atoms with Gasteiger partial charge in [-0.25, -0.2) is 4.98 Å². The molecule has 2 rings (SSSR count). The highest BCUT2D eigenvalue weighted by atomic mass is 15.1. The molecule has 0 bridgehead atoms. The molecule has 3 unspecified atom stereocenters. The molecule has 0 radical (unpaired) electrons. The van der Waals surface area contributed by atoms with Crippen molar-refractivity contribution in [2.75, 3.05) is 6.54 Å². The maximum Gasteiger partial charge on any atom is 0.108 e. The van der Waals surface area contributed by atoms with Crippen LogP contribution in [0.1, 0.15) is 64.2 Å². The molecule has 0 spiro atoms. The third-order valence-corrected chi connectivity index (χ3v) is 4.64. The van der Waals surface area contributed by atoms with Crippen LogP contribution in [-0.2, 0) is 6.42 Å². The summed E-state index contributed by atoms with van der Waals surface area (Å²) in [5, 5.41) is 0. The maximum absolute atomic E-state index is 6.01. The van der Waals surface area contributed by atoms with E-state index in [1.165, 1.54) is 37.9 Å². The highest BCUT2D eigenvalue weighted by molar-refractivity contribution is 4.99. The van der Waals surface area contributed by atoms with Gasteiger partial charge in [0.1, 0.15) is 5.82 Å². The minimum Gasteiger partial charge on any atom is -0.332 e. The minimum absolute atomic E-state index is 0.583. The second-order valence-corrected chi connectivity index (χ2v) is 6.03. The summed E-state index contributed by atoms with van der Waals surface area (Å²) < 4.78 is 2.43. The van der Waals surface area contributed by atoms with E-state index >= 15 is 0 Å². The summed E-state index contributed by atoms with van der Waals surface area (Å²) in [6.07, 6.45) is 13.0. The lowest BCUT2D eigenvalue weighted by Crippen LogP contribution is -2.33. The Kier molecular flexibility index (Phi) is 5.44. The van der Waals surface area contributed by atoms with Crippen LogP contribution in [0.5, 0.6) is 0 Å². The van der Waals surface area contributed by atoms with E-state index < -0.39 is 0 Å². The molecule has 0 aliphatic heterocycles. The number of rotatable bonds is 6. The Bertz CT molecular complexity index is 372. The van der Waals surface area contributed by atoms with Gasteiger partial charge in [-0.2, -0.15) is 0 Å². The van der Waals surface area contributed by atoms with Crippen LogP contribution in [0.4, 0.5) is 0 Å². The number of nitrogens with zero attached hydrogens (tertiary/aromatic N) is 2. The Morgan fingerprint density at radius 3 is 2.84 bits per heavy atom. The van der Waals surface area contributed by atoms with E-state index in [-0.39, 0.29) is 0 Å². The fraction of sp³-hybridized carbons (Fsp3) is 0.812. The molecule has 3 nitrogen and oxygen atoms in total. The molecule has 2 N–H and O–H groups in total. The normalized spacial score (nSPS) is 27.6. The quantitative estimate of drug-likeness (QED) is 0.853. The topological polar surface area (TPSA) is 43.8 Å². The molecule has 3 heteroatoms. The summed E-state index contributed by atoms with van der Waals surface area (Å²) in [7, 11) is 0. The van der Waals surface area contributed by atoms with Crippen molar-refractivity contribution in [1.82, 2.24) is 9.55 Å². The Morgan fingerprint density at radius 2 is 2.16 bits per heavy atom. The first-order chi connectivity index (χ1) is 9.30. The second kappa shape index (κ2) is 7.09. The standard InChI is InChI=1S/C16H29N3/c1-3-5-13-7-8-14(12-17)15(11-13)19-10-9-18-16(19)6-4-2/h9-10,13-15H,3-8,11-12,17H2,1-2H3. The van der Waals surface area contributed by atoms with Crippen molar-refractivity contribution < 1.29 is 0 Å². The van der Waals surface area contributed by atoms with Crippen LogP contribution in [0.3, 0.4) is 0 Å². The van der Waals surface area contributed by atoms with E-state index in [9.17, 15) is 0 Å². The van der Waals surface area contributed by atoms with Crippen LogP contribution in [0.15, 0.2) is 12.4 Å². The number of imidazole rings is 1. The zero-order chi connectivity index (χ0) is 13.7. The predicted octanol–water partition coefficient (Wildman–Crippen LogP) is 3.55. The van der Waals surface area contributed by atoms with Gasteiger partial charge in [0.05, 0.1) is 0 Å². The number of hydrogen-bond donors (Lipinski definition) is 1. The summed E-state index contributed by atoms with van der Waals surface area (Å²) >= 11 is 0. The summed E-state index contributed by atoms with van der Waals surface area (Å²) in [6, 6.07) is 0.583. The van der Waals surface area contributed by atoms with E-state index in [0.717, 1.165) is 25.3 Å². The summed E-state index contributed by atoms with van der Waals surface area (Å²) in [4.78, 5) is 4.54. The van der Waals surface area contributed by atoms with Crippen molar-refractivity contribution in [2.45, 2.75) is 64.8 Å². The first-order valence-electron chi connectivity index (χ1n) is 8.01. The van der Waals surface area contributed by atoms with E-state index in [1.54, 1.807) is 0 Å². The monoisotopic (exact) mass is 263 g/mol. The first kappa shape index (κ1) is 14.6. The van der Waals surface area contributed by atoms with Crippen LogP contribution in [0, 0.1) is 11.8 Å². The van der Waals surface area contributed by atoms with Gasteiger partial charge in [-0.3, -0.25) is 0 Å². The number of nitrogens with two attached hydrogens (primary N) is 1. The van der Waals surface area contributed by atoms with Crippen molar-refractivity contribution in [3.05, 3.63) is 18.2 Å². The van der Waals surface area contributed by atoms with Gasteiger partial charge in [-0.05, 0) is 44.1 Å². The smallest absolute Gasteiger partial charge is 0.108 e. The summed E-state index contributed by atoms with van der Waals surface area (Å²) in [5.74, 6) is 2.77. The van der Waals surface area contributed by atoms with Gasteiger partial charge in [0.25, 0.3) is 0 Å². The SMILES string of the molecule is CCCc1nccn1C1CC(CCC)CCC1CN.